The molecule has 1 atom stereocenters. The van der Waals surface area contributed by atoms with Gasteiger partial charge in [-0.25, -0.2) is 4.39 Å². The molecule has 2 aromatic rings. The predicted molar refractivity (Wildman–Crippen MR) is 85.0 cm³/mol. The monoisotopic (exact) mass is 301 g/mol. The van der Waals surface area contributed by atoms with Crippen molar-refractivity contribution in [1.29, 1.82) is 0 Å². The van der Waals surface area contributed by atoms with Crippen molar-refractivity contribution in [2.24, 2.45) is 0 Å². The molecule has 2 aromatic carbocycles. The van der Waals surface area contributed by atoms with E-state index in [1.807, 2.05) is 32.0 Å². The predicted octanol–water partition coefficient (Wildman–Crippen LogP) is 4.22. The van der Waals surface area contributed by atoms with Gasteiger partial charge in [-0.2, -0.15) is 0 Å². The molecule has 21 heavy (non-hydrogen) atoms. The Morgan fingerprint density at radius 2 is 1.90 bits per heavy atom. The van der Waals surface area contributed by atoms with Crippen LogP contribution in [0.2, 0.25) is 0 Å². The SMILES string of the molecule is Cc1ccc(N2C(=O)CSC2c2ccccc2F)cc1C. The van der Waals surface area contributed by atoms with Gasteiger partial charge in [0.15, 0.2) is 0 Å². The number of carbonyl (C=O) groups is 1. The number of anilines is 1. The number of carbonyl (C=O) groups excluding carboxylic acids is 1. The first-order valence-corrected chi connectivity index (χ1v) is 7.88. The molecule has 1 aliphatic rings. The van der Waals surface area contributed by atoms with Crippen LogP contribution in [0.1, 0.15) is 22.1 Å². The molecule has 1 unspecified atom stereocenters. The quantitative estimate of drug-likeness (QED) is 0.827. The van der Waals surface area contributed by atoms with E-state index >= 15 is 0 Å². The summed E-state index contributed by atoms with van der Waals surface area (Å²) in [5, 5.41) is -0.291. The molecule has 1 fully saturated rings. The van der Waals surface area contributed by atoms with Crippen LogP contribution in [0, 0.1) is 19.7 Å². The van der Waals surface area contributed by atoms with Crippen LogP contribution in [-0.4, -0.2) is 11.7 Å². The highest BCUT2D eigenvalue weighted by atomic mass is 32.2. The number of halogens is 1. The molecular formula is C17H16FNOS. The van der Waals surface area contributed by atoms with Crippen molar-refractivity contribution >= 4 is 23.4 Å². The summed E-state index contributed by atoms with van der Waals surface area (Å²) in [5.41, 5.74) is 3.71. The van der Waals surface area contributed by atoms with Gasteiger partial charge in [0.2, 0.25) is 5.91 Å². The molecule has 1 aliphatic heterocycles. The van der Waals surface area contributed by atoms with Crippen molar-refractivity contribution in [2.45, 2.75) is 19.2 Å². The number of hydrogen-bond acceptors (Lipinski definition) is 2. The van der Waals surface area contributed by atoms with E-state index in [1.54, 1.807) is 23.1 Å². The molecule has 3 rings (SSSR count). The zero-order valence-corrected chi connectivity index (χ0v) is 12.8. The number of hydrogen-bond donors (Lipinski definition) is 0. The zero-order chi connectivity index (χ0) is 15.0. The molecule has 4 heteroatoms. The second-order valence-electron chi connectivity index (χ2n) is 5.22. The summed E-state index contributed by atoms with van der Waals surface area (Å²) >= 11 is 1.47. The van der Waals surface area contributed by atoms with Crippen molar-refractivity contribution in [3.05, 3.63) is 65.0 Å². The first-order chi connectivity index (χ1) is 10.1. The number of benzene rings is 2. The summed E-state index contributed by atoms with van der Waals surface area (Å²) in [6.45, 7) is 4.05. The Morgan fingerprint density at radius 1 is 1.14 bits per heavy atom. The zero-order valence-electron chi connectivity index (χ0n) is 12.0. The molecule has 1 heterocycles. The van der Waals surface area contributed by atoms with Gasteiger partial charge in [0.1, 0.15) is 11.2 Å². The summed E-state index contributed by atoms with van der Waals surface area (Å²) in [6, 6.07) is 12.6. The smallest absolute Gasteiger partial charge is 0.238 e. The number of aryl methyl sites for hydroxylation is 2. The molecule has 1 amide bonds. The van der Waals surface area contributed by atoms with Crippen molar-refractivity contribution in [3.63, 3.8) is 0 Å². The number of thioether (sulfide) groups is 1. The van der Waals surface area contributed by atoms with Gasteiger partial charge in [0.25, 0.3) is 0 Å². The lowest BCUT2D eigenvalue weighted by molar-refractivity contribution is -0.115. The average Bonchev–Trinajstić information content (AvgIpc) is 2.84. The third-order valence-electron chi connectivity index (χ3n) is 3.81. The maximum atomic E-state index is 14.0. The van der Waals surface area contributed by atoms with Gasteiger partial charge in [0.05, 0.1) is 5.75 Å². The van der Waals surface area contributed by atoms with E-state index in [1.165, 1.54) is 23.4 Å². The molecule has 0 bridgehead atoms. The molecule has 0 aliphatic carbocycles. The minimum absolute atomic E-state index is 0.0245. The van der Waals surface area contributed by atoms with E-state index in [-0.39, 0.29) is 17.1 Å². The maximum absolute atomic E-state index is 14.0. The van der Waals surface area contributed by atoms with Gasteiger partial charge >= 0.3 is 0 Å². The lowest BCUT2D eigenvalue weighted by atomic mass is 10.1. The largest absolute Gasteiger partial charge is 0.295 e. The molecule has 0 aromatic heterocycles. The van der Waals surface area contributed by atoms with Crippen LogP contribution in [0.5, 0.6) is 0 Å². The van der Waals surface area contributed by atoms with Gasteiger partial charge in [0, 0.05) is 11.3 Å². The number of amides is 1. The molecule has 1 saturated heterocycles. The van der Waals surface area contributed by atoms with E-state index < -0.39 is 0 Å². The summed E-state index contributed by atoms with van der Waals surface area (Å²) in [4.78, 5) is 14.0. The van der Waals surface area contributed by atoms with Crippen molar-refractivity contribution in [3.8, 4) is 0 Å². The fraction of sp³-hybridized carbons (Fsp3) is 0.235. The van der Waals surface area contributed by atoms with Gasteiger partial charge < -0.3 is 0 Å². The Balaban J connectivity index is 2.04. The molecule has 0 saturated carbocycles. The van der Waals surface area contributed by atoms with E-state index in [0.29, 0.717) is 11.3 Å². The van der Waals surface area contributed by atoms with Crippen molar-refractivity contribution in [2.75, 3.05) is 10.7 Å². The van der Waals surface area contributed by atoms with Crippen LogP contribution < -0.4 is 4.90 Å². The van der Waals surface area contributed by atoms with Gasteiger partial charge in [-0.15, -0.1) is 11.8 Å². The Bertz CT molecular complexity index is 701. The van der Waals surface area contributed by atoms with Crippen LogP contribution in [0.4, 0.5) is 10.1 Å². The van der Waals surface area contributed by atoms with E-state index in [4.69, 9.17) is 0 Å². The lowest BCUT2D eigenvalue weighted by Crippen LogP contribution is -2.28. The molecular weight excluding hydrogens is 285 g/mol. The number of nitrogens with zero attached hydrogens (tertiary/aromatic N) is 1. The van der Waals surface area contributed by atoms with E-state index in [0.717, 1.165) is 11.3 Å². The van der Waals surface area contributed by atoms with Crippen molar-refractivity contribution in [1.82, 2.24) is 0 Å². The molecule has 0 radical (unpaired) electrons. The van der Waals surface area contributed by atoms with Crippen LogP contribution in [-0.2, 0) is 4.79 Å². The third kappa shape index (κ3) is 2.56. The first-order valence-electron chi connectivity index (χ1n) is 6.83. The molecule has 0 N–H and O–H groups in total. The van der Waals surface area contributed by atoms with Gasteiger partial charge in [-0.1, -0.05) is 24.3 Å². The molecule has 108 valence electrons. The van der Waals surface area contributed by atoms with Crippen LogP contribution in [0.25, 0.3) is 0 Å². The Hall–Kier alpha value is -1.81. The fourth-order valence-electron chi connectivity index (χ4n) is 2.48. The fourth-order valence-corrected chi connectivity index (χ4v) is 3.68. The van der Waals surface area contributed by atoms with Crippen LogP contribution >= 0.6 is 11.8 Å². The summed E-state index contributed by atoms with van der Waals surface area (Å²) in [5.74, 6) is 0.140. The maximum Gasteiger partial charge on any atom is 0.238 e. The summed E-state index contributed by atoms with van der Waals surface area (Å²) in [6.07, 6.45) is 0. The minimum atomic E-state index is -0.291. The van der Waals surface area contributed by atoms with Crippen LogP contribution in [0.15, 0.2) is 42.5 Å². The Kier molecular flexibility index (Phi) is 3.72. The minimum Gasteiger partial charge on any atom is -0.295 e. The standard InChI is InChI=1S/C17H16FNOS/c1-11-7-8-13(9-12(11)2)19-16(20)10-21-17(19)14-5-3-4-6-15(14)18/h3-9,17H,10H2,1-2H3. The highest BCUT2D eigenvalue weighted by Gasteiger charge is 2.35. The van der Waals surface area contributed by atoms with Crippen LogP contribution in [0.3, 0.4) is 0 Å². The Morgan fingerprint density at radius 3 is 2.62 bits per heavy atom. The summed E-state index contributed by atoms with van der Waals surface area (Å²) in [7, 11) is 0. The average molecular weight is 301 g/mol. The highest BCUT2D eigenvalue weighted by molar-refractivity contribution is 8.00. The second-order valence-corrected chi connectivity index (χ2v) is 6.29. The van der Waals surface area contributed by atoms with E-state index in [2.05, 4.69) is 0 Å². The summed E-state index contributed by atoms with van der Waals surface area (Å²) < 4.78 is 14.0. The van der Waals surface area contributed by atoms with E-state index in [9.17, 15) is 9.18 Å². The Labute approximate surface area is 128 Å². The molecule has 0 spiro atoms. The second kappa shape index (κ2) is 5.53. The van der Waals surface area contributed by atoms with Gasteiger partial charge in [-0.05, 0) is 43.2 Å². The normalized spacial score (nSPS) is 18.3. The van der Waals surface area contributed by atoms with Gasteiger partial charge in [-0.3, -0.25) is 9.69 Å². The van der Waals surface area contributed by atoms with Crippen molar-refractivity contribution < 1.29 is 9.18 Å². The number of rotatable bonds is 2. The lowest BCUT2D eigenvalue weighted by Gasteiger charge is -2.25. The third-order valence-corrected chi connectivity index (χ3v) is 5.00. The highest BCUT2D eigenvalue weighted by Crippen LogP contribution is 2.42. The molecule has 2 nitrogen and oxygen atoms in total. The first kappa shape index (κ1) is 14.1. The topological polar surface area (TPSA) is 20.3 Å².